The molecule has 1 unspecified atom stereocenters. The Morgan fingerprint density at radius 1 is 1.45 bits per heavy atom. The number of hydrogen-bond acceptors (Lipinski definition) is 9. The van der Waals surface area contributed by atoms with Crippen molar-refractivity contribution in [3.8, 4) is 0 Å². The molecule has 166 valence electrons. The van der Waals surface area contributed by atoms with Crippen molar-refractivity contribution in [2.24, 2.45) is 5.16 Å². The lowest BCUT2D eigenvalue weighted by Crippen LogP contribution is -2.70. The number of carboxylic acids is 1. The zero-order valence-corrected chi connectivity index (χ0v) is 18.2. The Morgan fingerprint density at radius 3 is 2.97 bits per heavy atom. The third-order valence-electron chi connectivity index (χ3n) is 4.49. The number of hydrogen-bond donors (Lipinski definition) is 3. The fourth-order valence-corrected chi connectivity index (χ4v) is 4.83. The number of unbranched alkanes of at least 4 members (excludes halogenated alkanes) is 2. The molecule has 0 aliphatic carbocycles. The highest BCUT2D eigenvalue weighted by Crippen LogP contribution is 2.37. The Labute approximate surface area is 185 Å². The molecule has 11 nitrogen and oxygen atoms in total. The van der Waals surface area contributed by atoms with E-state index in [4.69, 9.17) is 4.84 Å². The number of amides is 3. The van der Waals surface area contributed by atoms with Crippen LogP contribution in [0.1, 0.15) is 31.9 Å². The van der Waals surface area contributed by atoms with E-state index in [0.717, 1.165) is 35.5 Å². The quantitative estimate of drug-likeness (QED) is 0.143. The van der Waals surface area contributed by atoms with Crippen molar-refractivity contribution in [3.05, 3.63) is 22.8 Å². The summed E-state index contributed by atoms with van der Waals surface area (Å²) in [6.45, 7) is 2.36. The van der Waals surface area contributed by atoms with Gasteiger partial charge in [0.15, 0.2) is 10.8 Å². The molecule has 2 atom stereocenters. The molecule has 0 aromatic carbocycles. The number of oxime groups is 1. The van der Waals surface area contributed by atoms with Crippen molar-refractivity contribution in [3.63, 3.8) is 0 Å². The predicted molar refractivity (Wildman–Crippen MR) is 115 cm³/mol. The topological polar surface area (TPSA) is 150 Å². The Hall–Kier alpha value is -2.93. The van der Waals surface area contributed by atoms with Gasteiger partial charge in [-0.25, -0.2) is 9.78 Å². The molecule has 1 saturated heterocycles. The van der Waals surface area contributed by atoms with Crippen LogP contribution >= 0.6 is 23.1 Å². The molecule has 1 fully saturated rings. The number of anilines is 1. The minimum atomic E-state index is -1.19. The number of aliphatic carboxylic acids is 1. The summed E-state index contributed by atoms with van der Waals surface area (Å²) < 4.78 is 0. The van der Waals surface area contributed by atoms with Crippen molar-refractivity contribution in [1.29, 1.82) is 0 Å². The van der Waals surface area contributed by atoms with Gasteiger partial charge < -0.3 is 20.6 Å². The van der Waals surface area contributed by atoms with Gasteiger partial charge >= 0.3 is 5.97 Å². The van der Waals surface area contributed by atoms with Crippen molar-refractivity contribution in [1.82, 2.24) is 15.2 Å². The number of aromatic nitrogens is 1. The Bertz CT molecular complexity index is 930. The first kappa shape index (κ1) is 22.7. The minimum Gasteiger partial charge on any atom is -0.477 e. The Kier molecular flexibility index (Phi) is 7.63. The number of nitrogens with zero attached hydrogens (tertiary/aromatic N) is 3. The molecule has 0 bridgehead atoms. The summed E-state index contributed by atoms with van der Waals surface area (Å²) in [5.74, 6) is -1.96. The Morgan fingerprint density at radius 2 is 2.26 bits per heavy atom. The smallest absolute Gasteiger partial charge is 0.352 e. The van der Waals surface area contributed by atoms with E-state index < -0.39 is 29.2 Å². The van der Waals surface area contributed by atoms with Gasteiger partial charge in [-0.1, -0.05) is 24.9 Å². The molecule has 3 amide bonds. The molecule has 3 rings (SSSR count). The molecule has 3 N–H and O–H groups in total. The van der Waals surface area contributed by atoms with E-state index in [-0.39, 0.29) is 22.2 Å². The van der Waals surface area contributed by atoms with Gasteiger partial charge in [0.2, 0.25) is 6.41 Å². The largest absolute Gasteiger partial charge is 0.477 e. The van der Waals surface area contributed by atoms with Gasteiger partial charge in [0.1, 0.15) is 29.4 Å². The van der Waals surface area contributed by atoms with E-state index in [1.54, 1.807) is 0 Å². The standard InChI is InChI=1S/C18H21N5O6S2/c1-2-3-4-6-29-22-12(10-8-31-18(20-10)19-9-24)14(25)21-13-15(26)23-11(17(27)28)5-7-30-16(13)23/h5,8-9,13,16H,2-4,6-7H2,1H3,(H,21,25)(H,27,28)(H,19,20,24)/t13?,16-/m1/s1. The van der Waals surface area contributed by atoms with E-state index in [2.05, 4.69) is 20.8 Å². The molecule has 0 saturated carbocycles. The number of fused-ring (bicyclic) bond motifs is 1. The van der Waals surface area contributed by atoms with Crippen LogP contribution in [0.2, 0.25) is 0 Å². The average molecular weight is 468 g/mol. The van der Waals surface area contributed by atoms with E-state index in [1.165, 1.54) is 23.2 Å². The lowest BCUT2D eigenvalue weighted by Gasteiger charge is -2.48. The van der Waals surface area contributed by atoms with Gasteiger partial charge in [-0.2, -0.15) is 0 Å². The third-order valence-corrected chi connectivity index (χ3v) is 6.45. The van der Waals surface area contributed by atoms with Crippen LogP contribution in [0.15, 0.2) is 22.3 Å². The molecular weight excluding hydrogens is 446 g/mol. The van der Waals surface area contributed by atoms with E-state index in [9.17, 15) is 24.3 Å². The second kappa shape index (κ2) is 10.4. The van der Waals surface area contributed by atoms with Crippen molar-refractivity contribution >= 4 is 58.1 Å². The molecule has 13 heteroatoms. The maximum absolute atomic E-state index is 12.9. The number of β-lactam (4-membered cyclic amide) rings is 1. The summed E-state index contributed by atoms with van der Waals surface area (Å²) in [4.78, 5) is 57.9. The number of nitrogens with one attached hydrogen (secondary N) is 2. The highest BCUT2D eigenvalue weighted by molar-refractivity contribution is 8.00. The zero-order valence-electron chi connectivity index (χ0n) is 16.6. The molecule has 31 heavy (non-hydrogen) atoms. The molecule has 3 heterocycles. The summed E-state index contributed by atoms with van der Waals surface area (Å²) in [7, 11) is 0. The van der Waals surface area contributed by atoms with Crippen molar-refractivity contribution < 1.29 is 29.1 Å². The first-order chi connectivity index (χ1) is 15.0. The Balaban J connectivity index is 1.73. The van der Waals surface area contributed by atoms with Gasteiger partial charge in [0.05, 0.1) is 0 Å². The van der Waals surface area contributed by atoms with Gasteiger partial charge in [0.25, 0.3) is 11.8 Å². The van der Waals surface area contributed by atoms with E-state index in [1.807, 2.05) is 6.92 Å². The second-order valence-electron chi connectivity index (χ2n) is 6.56. The van der Waals surface area contributed by atoms with Gasteiger partial charge in [-0.3, -0.25) is 19.3 Å². The summed E-state index contributed by atoms with van der Waals surface area (Å²) in [5, 5.41) is 19.5. The number of carboxylic acid groups (broad SMARTS) is 1. The lowest BCUT2D eigenvalue weighted by molar-refractivity contribution is -0.150. The molecule has 0 spiro atoms. The second-order valence-corrected chi connectivity index (χ2v) is 8.57. The summed E-state index contributed by atoms with van der Waals surface area (Å²) in [6, 6.07) is -0.892. The first-order valence-corrected chi connectivity index (χ1v) is 11.5. The summed E-state index contributed by atoms with van der Waals surface area (Å²) in [5.41, 5.74) is -0.0300. The van der Waals surface area contributed by atoms with Gasteiger partial charge in [0, 0.05) is 11.1 Å². The highest BCUT2D eigenvalue weighted by Gasteiger charge is 2.53. The summed E-state index contributed by atoms with van der Waals surface area (Å²) in [6.07, 6.45) is 4.65. The van der Waals surface area contributed by atoms with Crippen LogP contribution in [-0.2, 0) is 24.0 Å². The van der Waals surface area contributed by atoms with Crippen LogP contribution in [-0.4, -0.2) is 68.7 Å². The average Bonchev–Trinajstić information content (AvgIpc) is 3.22. The van der Waals surface area contributed by atoms with E-state index >= 15 is 0 Å². The molecule has 2 aliphatic rings. The molecule has 2 aliphatic heterocycles. The number of carbonyl (C=O) groups is 4. The monoisotopic (exact) mass is 467 g/mol. The molecule has 0 radical (unpaired) electrons. The number of rotatable bonds is 11. The molecule has 1 aromatic heterocycles. The first-order valence-electron chi connectivity index (χ1n) is 9.53. The number of carbonyl (C=O) groups excluding carboxylic acids is 3. The van der Waals surface area contributed by atoms with Gasteiger partial charge in [-0.15, -0.1) is 23.1 Å². The SMILES string of the molecule is CCCCCON=C(C(=O)NC1C(=O)N2C(C(=O)O)=CCS[C@H]12)c1csc(NC=O)n1. The van der Waals surface area contributed by atoms with Crippen molar-refractivity contribution in [2.45, 2.75) is 37.6 Å². The fourth-order valence-electron chi connectivity index (χ4n) is 2.98. The lowest BCUT2D eigenvalue weighted by atomic mass is 10.0. The van der Waals surface area contributed by atoms with Crippen molar-refractivity contribution in [2.75, 3.05) is 17.7 Å². The van der Waals surface area contributed by atoms with Crippen LogP contribution in [0.25, 0.3) is 0 Å². The fraction of sp³-hybridized carbons (Fsp3) is 0.444. The van der Waals surface area contributed by atoms with E-state index in [0.29, 0.717) is 18.8 Å². The van der Waals surface area contributed by atoms with Gasteiger partial charge in [-0.05, 0) is 12.5 Å². The minimum absolute atomic E-state index is 0.0866. The van der Waals surface area contributed by atoms with Crippen LogP contribution in [0.3, 0.4) is 0 Å². The number of thiazole rings is 1. The number of thioether (sulfide) groups is 1. The van der Waals surface area contributed by atoms with Crippen LogP contribution in [0.5, 0.6) is 0 Å². The maximum Gasteiger partial charge on any atom is 0.352 e. The zero-order chi connectivity index (χ0) is 22.4. The van der Waals surface area contributed by atoms with Crippen LogP contribution < -0.4 is 10.6 Å². The molecule has 1 aromatic rings. The highest BCUT2D eigenvalue weighted by atomic mass is 32.2. The summed E-state index contributed by atoms with van der Waals surface area (Å²) >= 11 is 2.46. The maximum atomic E-state index is 12.9. The van der Waals surface area contributed by atoms with Crippen LogP contribution in [0.4, 0.5) is 5.13 Å². The van der Waals surface area contributed by atoms with Crippen LogP contribution in [0, 0.1) is 0 Å². The normalized spacial score (nSPS) is 20.3. The third kappa shape index (κ3) is 5.05. The predicted octanol–water partition coefficient (Wildman–Crippen LogP) is 0.991. The molecular formula is C18H21N5O6S2.